The maximum Gasteiger partial charge on any atom is 0.335 e. The first kappa shape index (κ1) is 14.9. The molecule has 0 heterocycles. The van der Waals surface area contributed by atoms with Crippen molar-refractivity contribution < 1.29 is 22.7 Å². The van der Waals surface area contributed by atoms with Crippen LogP contribution in [0.1, 0.15) is 36.0 Å². The summed E-state index contributed by atoms with van der Waals surface area (Å²) in [6.07, 6.45) is 4.16. The van der Waals surface area contributed by atoms with E-state index in [1.54, 1.807) is 0 Å². The third kappa shape index (κ3) is 3.34. The summed E-state index contributed by atoms with van der Waals surface area (Å²) in [5, 5.41) is 8.71. The average Bonchev–Trinajstić information content (AvgIpc) is 2.31. The minimum atomic E-state index is -3.93. The summed E-state index contributed by atoms with van der Waals surface area (Å²) >= 11 is 0. The number of carbonyl (C=O) groups is 1. The predicted molar refractivity (Wildman–Crippen MR) is 70.5 cm³/mol. The summed E-state index contributed by atoms with van der Waals surface area (Å²) in [4.78, 5) is 10.2. The number of aromatic carboxylic acids is 1. The molecule has 0 aromatic heterocycles. The second kappa shape index (κ2) is 5.88. The number of carboxylic acid groups (broad SMARTS) is 1. The van der Waals surface area contributed by atoms with E-state index in [0.29, 0.717) is 12.0 Å². The zero-order valence-electron chi connectivity index (χ0n) is 10.8. The van der Waals surface area contributed by atoms with Gasteiger partial charge < -0.3 is 5.11 Å². The lowest BCUT2D eigenvalue weighted by Crippen LogP contribution is -2.28. The zero-order valence-corrected chi connectivity index (χ0v) is 11.6. The Morgan fingerprint density at radius 2 is 2.10 bits per heavy atom. The largest absolute Gasteiger partial charge is 0.478 e. The van der Waals surface area contributed by atoms with E-state index in [-0.39, 0.29) is 12.1 Å². The number of sulfonamides is 1. The topological polar surface area (TPSA) is 83.5 Å². The fourth-order valence-electron chi connectivity index (χ4n) is 2.11. The minimum Gasteiger partial charge on any atom is -0.478 e. The molecule has 0 atom stereocenters. The van der Waals surface area contributed by atoms with E-state index in [1.165, 1.54) is 6.42 Å². The summed E-state index contributed by atoms with van der Waals surface area (Å²) in [5.41, 5.74) is -0.282. The summed E-state index contributed by atoms with van der Waals surface area (Å²) in [5.74, 6) is -1.80. The number of nitrogens with one attached hydrogen (secondary N) is 1. The lowest BCUT2D eigenvalue weighted by atomic mass is 9.83. The van der Waals surface area contributed by atoms with Gasteiger partial charge >= 0.3 is 5.97 Å². The van der Waals surface area contributed by atoms with Gasteiger partial charge in [-0.3, -0.25) is 0 Å². The van der Waals surface area contributed by atoms with E-state index < -0.39 is 26.7 Å². The fraction of sp³-hybridized carbons (Fsp3) is 0.462. The van der Waals surface area contributed by atoms with Crippen molar-refractivity contribution in [2.45, 2.75) is 30.6 Å². The van der Waals surface area contributed by atoms with Crippen LogP contribution in [-0.4, -0.2) is 26.0 Å². The van der Waals surface area contributed by atoms with E-state index in [4.69, 9.17) is 5.11 Å². The Morgan fingerprint density at radius 1 is 1.40 bits per heavy atom. The molecule has 2 N–H and O–H groups in total. The van der Waals surface area contributed by atoms with Crippen LogP contribution >= 0.6 is 0 Å². The van der Waals surface area contributed by atoms with Crippen molar-refractivity contribution >= 4 is 16.0 Å². The van der Waals surface area contributed by atoms with Gasteiger partial charge in [-0.25, -0.2) is 22.3 Å². The molecular weight excluding hydrogens is 285 g/mol. The molecule has 0 amide bonds. The van der Waals surface area contributed by atoms with Gasteiger partial charge in [0.15, 0.2) is 0 Å². The van der Waals surface area contributed by atoms with Crippen LogP contribution in [0, 0.1) is 11.7 Å². The Hall–Kier alpha value is -1.47. The highest BCUT2D eigenvalue weighted by atomic mass is 32.2. The van der Waals surface area contributed by atoms with Crippen LogP contribution in [0.3, 0.4) is 0 Å². The highest BCUT2D eigenvalue weighted by molar-refractivity contribution is 7.89. The summed E-state index contributed by atoms with van der Waals surface area (Å²) in [6, 6.07) is 2.76. The van der Waals surface area contributed by atoms with Gasteiger partial charge in [0.05, 0.1) is 5.56 Å². The van der Waals surface area contributed by atoms with Gasteiger partial charge in [-0.2, -0.15) is 0 Å². The molecule has 1 aromatic rings. The molecule has 0 radical (unpaired) electrons. The molecule has 1 saturated carbocycles. The Bertz CT molecular complexity index is 611. The number of carboxylic acids is 1. The molecule has 110 valence electrons. The Labute approximate surface area is 116 Å². The normalized spacial score (nSPS) is 15.8. The summed E-state index contributed by atoms with van der Waals surface area (Å²) in [6.45, 7) is 0.271. The van der Waals surface area contributed by atoms with Crippen molar-refractivity contribution in [2.75, 3.05) is 6.54 Å². The lowest BCUT2D eigenvalue weighted by Gasteiger charge is -2.25. The minimum absolute atomic E-state index is 0.271. The molecule has 1 aromatic carbocycles. The molecule has 5 nitrogen and oxygen atoms in total. The summed E-state index contributed by atoms with van der Waals surface area (Å²) in [7, 11) is -3.93. The predicted octanol–water partition coefficient (Wildman–Crippen LogP) is 1.99. The molecule has 0 aliphatic heterocycles. The van der Waals surface area contributed by atoms with Crippen LogP contribution in [0.5, 0.6) is 0 Å². The van der Waals surface area contributed by atoms with Gasteiger partial charge in [0.25, 0.3) is 0 Å². The Morgan fingerprint density at radius 3 is 2.60 bits per heavy atom. The molecule has 1 aliphatic rings. The molecule has 1 aliphatic carbocycles. The lowest BCUT2D eigenvalue weighted by molar-refractivity contribution is 0.0696. The second-order valence-corrected chi connectivity index (χ2v) is 6.67. The number of hydrogen-bond acceptors (Lipinski definition) is 3. The highest BCUT2D eigenvalue weighted by Gasteiger charge is 2.22. The van der Waals surface area contributed by atoms with E-state index in [1.807, 2.05) is 0 Å². The van der Waals surface area contributed by atoms with Crippen LogP contribution in [-0.2, 0) is 10.0 Å². The van der Waals surface area contributed by atoms with Crippen molar-refractivity contribution in [3.05, 3.63) is 29.6 Å². The van der Waals surface area contributed by atoms with E-state index in [0.717, 1.165) is 31.4 Å². The number of hydrogen-bond donors (Lipinski definition) is 2. The van der Waals surface area contributed by atoms with Gasteiger partial charge in [0.2, 0.25) is 10.0 Å². The summed E-state index contributed by atoms with van der Waals surface area (Å²) < 4.78 is 39.9. The number of benzene rings is 1. The maximum absolute atomic E-state index is 13.7. The van der Waals surface area contributed by atoms with Crippen LogP contribution in [0.2, 0.25) is 0 Å². The van der Waals surface area contributed by atoms with Gasteiger partial charge in [-0.05, 0) is 30.5 Å². The third-order valence-electron chi connectivity index (χ3n) is 3.54. The van der Waals surface area contributed by atoms with Gasteiger partial charge in [0, 0.05) is 6.54 Å². The van der Waals surface area contributed by atoms with E-state index >= 15 is 0 Å². The highest BCUT2D eigenvalue weighted by Crippen LogP contribution is 2.29. The standard InChI is InChI=1S/C13H16FNO4S/c14-11-8-10(13(16)17)4-5-12(11)20(18,19)15-7-6-9-2-1-3-9/h4-5,8-9,15H,1-3,6-7H2,(H,16,17). The SMILES string of the molecule is O=C(O)c1ccc(S(=O)(=O)NCCC2CCC2)c(F)c1. The molecule has 2 rings (SSSR count). The van der Waals surface area contributed by atoms with Crippen molar-refractivity contribution in [3.63, 3.8) is 0 Å². The number of rotatable bonds is 6. The third-order valence-corrected chi connectivity index (χ3v) is 5.03. The van der Waals surface area contributed by atoms with Gasteiger partial charge in [-0.1, -0.05) is 19.3 Å². The Balaban J connectivity index is 2.06. The molecule has 0 unspecified atom stereocenters. The van der Waals surface area contributed by atoms with Crippen molar-refractivity contribution in [3.8, 4) is 0 Å². The van der Waals surface area contributed by atoms with E-state index in [9.17, 15) is 17.6 Å². The van der Waals surface area contributed by atoms with Crippen molar-refractivity contribution in [1.29, 1.82) is 0 Å². The average molecular weight is 301 g/mol. The Kier molecular flexibility index (Phi) is 4.39. The second-order valence-electron chi connectivity index (χ2n) is 4.93. The fourth-order valence-corrected chi connectivity index (χ4v) is 3.21. The van der Waals surface area contributed by atoms with Crippen LogP contribution in [0.25, 0.3) is 0 Å². The maximum atomic E-state index is 13.7. The first-order valence-electron chi connectivity index (χ1n) is 6.42. The first-order valence-corrected chi connectivity index (χ1v) is 7.91. The molecule has 0 saturated heterocycles. The van der Waals surface area contributed by atoms with E-state index in [2.05, 4.69) is 4.72 Å². The van der Waals surface area contributed by atoms with Crippen molar-refractivity contribution in [1.82, 2.24) is 4.72 Å². The van der Waals surface area contributed by atoms with Gasteiger partial charge in [0.1, 0.15) is 10.7 Å². The zero-order chi connectivity index (χ0) is 14.8. The molecular formula is C13H16FNO4S. The number of halogens is 1. The van der Waals surface area contributed by atoms with Crippen molar-refractivity contribution in [2.24, 2.45) is 5.92 Å². The first-order chi connectivity index (χ1) is 9.40. The molecule has 0 spiro atoms. The van der Waals surface area contributed by atoms with Crippen LogP contribution in [0.4, 0.5) is 4.39 Å². The molecule has 7 heteroatoms. The molecule has 20 heavy (non-hydrogen) atoms. The van der Waals surface area contributed by atoms with Gasteiger partial charge in [-0.15, -0.1) is 0 Å². The quantitative estimate of drug-likeness (QED) is 0.841. The van der Waals surface area contributed by atoms with Crippen LogP contribution < -0.4 is 4.72 Å². The monoisotopic (exact) mass is 301 g/mol. The van der Waals surface area contributed by atoms with Crippen LogP contribution in [0.15, 0.2) is 23.1 Å². The molecule has 0 bridgehead atoms. The smallest absolute Gasteiger partial charge is 0.335 e. The molecule has 1 fully saturated rings.